The lowest BCUT2D eigenvalue weighted by Gasteiger charge is -2.36. The molecule has 2 aliphatic carbocycles. The van der Waals surface area contributed by atoms with E-state index in [0.29, 0.717) is 5.57 Å². The second-order valence-corrected chi connectivity index (χ2v) is 10.4. The van der Waals surface area contributed by atoms with Gasteiger partial charge in [0.05, 0.1) is 0 Å². The van der Waals surface area contributed by atoms with Crippen molar-refractivity contribution in [3.05, 3.63) is 12.2 Å². The van der Waals surface area contributed by atoms with Crippen molar-refractivity contribution >= 4 is 12.1 Å². The lowest BCUT2D eigenvalue weighted by molar-refractivity contribution is -0.141. The molecule has 2 fully saturated rings. The van der Waals surface area contributed by atoms with Gasteiger partial charge in [0, 0.05) is 11.6 Å². The third-order valence-corrected chi connectivity index (χ3v) is 7.68. The van der Waals surface area contributed by atoms with E-state index in [2.05, 4.69) is 25.7 Å². The number of rotatable bonds is 11. The largest absolute Gasteiger partial charge is 0.458 e. The van der Waals surface area contributed by atoms with Gasteiger partial charge in [0.25, 0.3) is 0 Å². The van der Waals surface area contributed by atoms with Crippen molar-refractivity contribution in [2.45, 2.75) is 117 Å². The number of esters is 1. The van der Waals surface area contributed by atoms with Gasteiger partial charge in [-0.15, -0.1) is 0 Å². The van der Waals surface area contributed by atoms with E-state index < -0.39 is 18.2 Å². The maximum atomic E-state index is 12.2. The molecule has 0 bridgehead atoms. The van der Waals surface area contributed by atoms with Crippen LogP contribution in [0.25, 0.3) is 0 Å². The standard InChI is InChI=1S/C27H47NO4/c1-6-8-23(7-2)24-13-9-21(10-14-24)17-22-11-15-25(16-12-22)28-27(30)32-20(5)18-31-26(29)19(3)4/h20-25H,3,6-18H2,1-2,4-5H3,(H,28,30). The van der Waals surface area contributed by atoms with Gasteiger partial charge >= 0.3 is 12.1 Å². The lowest BCUT2D eigenvalue weighted by Crippen LogP contribution is -2.40. The first kappa shape index (κ1) is 26.7. The zero-order valence-electron chi connectivity index (χ0n) is 21.0. The second kappa shape index (κ2) is 13.9. The summed E-state index contributed by atoms with van der Waals surface area (Å²) in [5.41, 5.74) is 0.341. The maximum Gasteiger partial charge on any atom is 0.407 e. The zero-order valence-corrected chi connectivity index (χ0v) is 21.0. The molecule has 0 radical (unpaired) electrons. The van der Waals surface area contributed by atoms with Gasteiger partial charge in [-0.05, 0) is 82.5 Å². The first-order chi connectivity index (χ1) is 15.3. The number of amides is 1. The van der Waals surface area contributed by atoms with Crippen LogP contribution in [0.3, 0.4) is 0 Å². The van der Waals surface area contributed by atoms with E-state index in [0.717, 1.165) is 36.5 Å². The van der Waals surface area contributed by atoms with Crippen LogP contribution in [0.2, 0.25) is 0 Å². The van der Waals surface area contributed by atoms with E-state index in [-0.39, 0.29) is 12.6 Å². The Morgan fingerprint density at radius 1 is 1.00 bits per heavy atom. The summed E-state index contributed by atoms with van der Waals surface area (Å²) < 4.78 is 10.4. The molecule has 2 unspecified atom stereocenters. The monoisotopic (exact) mass is 449 g/mol. The molecule has 0 saturated heterocycles. The van der Waals surface area contributed by atoms with E-state index in [1.807, 2.05) is 0 Å². The molecule has 2 aliphatic rings. The summed E-state index contributed by atoms with van der Waals surface area (Å²) in [6.45, 7) is 11.6. The second-order valence-electron chi connectivity index (χ2n) is 10.4. The van der Waals surface area contributed by atoms with Crippen LogP contribution in [-0.4, -0.2) is 30.8 Å². The van der Waals surface area contributed by atoms with Crippen molar-refractivity contribution < 1.29 is 19.1 Å². The molecule has 2 rings (SSSR count). The first-order valence-electron chi connectivity index (χ1n) is 13.1. The average molecular weight is 450 g/mol. The highest BCUT2D eigenvalue weighted by Gasteiger charge is 2.30. The molecule has 0 aromatic heterocycles. The molecule has 5 nitrogen and oxygen atoms in total. The van der Waals surface area contributed by atoms with E-state index in [1.165, 1.54) is 64.2 Å². The fourth-order valence-corrected chi connectivity index (χ4v) is 5.79. The third-order valence-electron chi connectivity index (χ3n) is 7.68. The minimum atomic E-state index is -0.477. The molecule has 1 amide bonds. The Balaban J connectivity index is 1.61. The van der Waals surface area contributed by atoms with E-state index in [4.69, 9.17) is 9.47 Å². The number of alkyl carbamates (subject to hydrolysis) is 1. The van der Waals surface area contributed by atoms with Gasteiger partial charge in [-0.1, -0.05) is 52.5 Å². The Bertz CT molecular complexity index is 588. The molecule has 0 aromatic rings. The molecule has 0 aromatic carbocycles. The zero-order chi connectivity index (χ0) is 23.5. The number of carbonyl (C=O) groups excluding carboxylic acids is 2. The van der Waals surface area contributed by atoms with Gasteiger partial charge in [0.15, 0.2) is 0 Å². The van der Waals surface area contributed by atoms with Crippen LogP contribution in [0.1, 0.15) is 105 Å². The van der Waals surface area contributed by atoms with Gasteiger partial charge in [-0.25, -0.2) is 9.59 Å². The smallest absolute Gasteiger partial charge is 0.407 e. The maximum absolute atomic E-state index is 12.2. The van der Waals surface area contributed by atoms with Crippen LogP contribution in [0, 0.1) is 23.7 Å². The number of carbonyl (C=O) groups is 2. The molecule has 2 saturated carbocycles. The van der Waals surface area contributed by atoms with Crippen LogP contribution in [0.15, 0.2) is 12.2 Å². The van der Waals surface area contributed by atoms with Gasteiger partial charge < -0.3 is 14.8 Å². The Morgan fingerprint density at radius 3 is 2.12 bits per heavy atom. The average Bonchev–Trinajstić information content (AvgIpc) is 2.77. The molecule has 184 valence electrons. The Kier molecular flexibility index (Phi) is 11.6. The Hall–Kier alpha value is -1.52. The molecule has 0 aliphatic heterocycles. The van der Waals surface area contributed by atoms with Crippen molar-refractivity contribution in [3.8, 4) is 0 Å². The van der Waals surface area contributed by atoms with Crippen LogP contribution in [0.5, 0.6) is 0 Å². The van der Waals surface area contributed by atoms with E-state index >= 15 is 0 Å². The predicted octanol–water partition coefficient (Wildman–Crippen LogP) is 6.80. The summed E-state index contributed by atoms with van der Waals surface area (Å²) in [6.07, 6.45) is 14.7. The molecule has 2 atom stereocenters. The molecule has 5 heteroatoms. The summed E-state index contributed by atoms with van der Waals surface area (Å²) in [4.78, 5) is 23.6. The number of ether oxygens (including phenoxy) is 2. The van der Waals surface area contributed by atoms with Crippen molar-refractivity contribution in [2.75, 3.05) is 6.61 Å². The van der Waals surface area contributed by atoms with Crippen molar-refractivity contribution in [1.29, 1.82) is 0 Å². The summed E-state index contributed by atoms with van der Waals surface area (Å²) in [5, 5.41) is 3.00. The predicted molar refractivity (Wildman–Crippen MR) is 129 cm³/mol. The van der Waals surface area contributed by atoms with Gasteiger partial charge in [-0.2, -0.15) is 0 Å². The van der Waals surface area contributed by atoms with E-state index in [1.54, 1.807) is 13.8 Å². The number of hydrogen-bond donors (Lipinski definition) is 1. The van der Waals surface area contributed by atoms with Crippen LogP contribution < -0.4 is 5.32 Å². The summed E-state index contributed by atoms with van der Waals surface area (Å²) in [7, 11) is 0. The molecule has 32 heavy (non-hydrogen) atoms. The van der Waals surface area contributed by atoms with Crippen molar-refractivity contribution in [1.82, 2.24) is 5.32 Å². The van der Waals surface area contributed by atoms with Crippen LogP contribution >= 0.6 is 0 Å². The first-order valence-corrected chi connectivity index (χ1v) is 13.1. The fraction of sp³-hybridized carbons (Fsp3) is 0.852. The minimum Gasteiger partial charge on any atom is -0.458 e. The van der Waals surface area contributed by atoms with Crippen LogP contribution in [-0.2, 0) is 14.3 Å². The van der Waals surface area contributed by atoms with Crippen LogP contribution in [0.4, 0.5) is 4.79 Å². The molecular formula is C27H47NO4. The molecule has 0 spiro atoms. The quantitative estimate of drug-likeness (QED) is 0.278. The van der Waals surface area contributed by atoms with Gasteiger partial charge in [-0.3, -0.25) is 0 Å². The highest BCUT2D eigenvalue weighted by Crippen LogP contribution is 2.40. The highest BCUT2D eigenvalue weighted by molar-refractivity contribution is 5.86. The Morgan fingerprint density at radius 2 is 1.59 bits per heavy atom. The summed E-state index contributed by atoms with van der Waals surface area (Å²) in [5.74, 6) is 3.17. The molecule has 1 N–H and O–H groups in total. The lowest BCUT2D eigenvalue weighted by atomic mass is 9.70. The van der Waals surface area contributed by atoms with Gasteiger partial charge in [0.2, 0.25) is 0 Å². The summed E-state index contributed by atoms with van der Waals surface area (Å²) >= 11 is 0. The van der Waals surface area contributed by atoms with Crippen molar-refractivity contribution in [3.63, 3.8) is 0 Å². The highest BCUT2D eigenvalue weighted by atomic mass is 16.6. The summed E-state index contributed by atoms with van der Waals surface area (Å²) in [6, 6.07) is 0.194. The SMILES string of the molecule is C=C(C)C(=O)OCC(C)OC(=O)NC1CCC(CC2CCC(C(CC)CCC)CC2)CC1. The third kappa shape index (κ3) is 9.15. The number of nitrogens with one attached hydrogen (secondary N) is 1. The van der Waals surface area contributed by atoms with Gasteiger partial charge in [0.1, 0.15) is 12.7 Å². The topological polar surface area (TPSA) is 64.6 Å². The Labute approximate surface area is 196 Å². The molecular weight excluding hydrogens is 402 g/mol. The number of hydrogen-bond acceptors (Lipinski definition) is 4. The minimum absolute atomic E-state index is 0.0472. The van der Waals surface area contributed by atoms with E-state index in [9.17, 15) is 9.59 Å². The normalized spacial score (nSPS) is 27.8. The molecule has 0 heterocycles. The van der Waals surface area contributed by atoms with Crippen molar-refractivity contribution in [2.24, 2.45) is 23.7 Å². The fourth-order valence-electron chi connectivity index (χ4n) is 5.79.